The van der Waals surface area contributed by atoms with Gasteiger partial charge >= 0.3 is 0 Å². The lowest BCUT2D eigenvalue weighted by molar-refractivity contribution is 0.0778. The van der Waals surface area contributed by atoms with E-state index >= 15 is 0 Å². The number of aryl methyl sites for hydroxylation is 1. The van der Waals surface area contributed by atoms with Crippen molar-refractivity contribution in [1.82, 2.24) is 4.90 Å². The second-order valence-electron chi connectivity index (χ2n) is 7.41. The molecule has 1 aliphatic heterocycles. The molecule has 1 heterocycles. The zero-order valence-electron chi connectivity index (χ0n) is 16.1. The van der Waals surface area contributed by atoms with Gasteiger partial charge in [0.1, 0.15) is 0 Å². The Kier molecular flexibility index (Phi) is 8.15. The van der Waals surface area contributed by atoms with Crippen LogP contribution in [0.1, 0.15) is 34.8 Å². The van der Waals surface area contributed by atoms with Gasteiger partial charge in [-0.15, -0.1) is 24.8 Å². The van der Waals surface area contributed by atoms with Gasteiger partial charge in [0.05, 0.1) is 11.3 Å². The van der Waals surface area contributed by atoms with E-state index in [4.69, 9.17) is 5.73 Å². The Hall–Kier alpha value is -1.75. The summed E-state index contributed by atoms with van der Waals surface area (Å²) in [6.45, 7) is 8.44. The van der Waals surface area contributed by atoms with Crippen LogP contribution in [-0.4, -0.2) is 30.4 Å². The van der Waals surface area contributed by atoms with Gasteiger partial charge in [-0.25, -0.2) is 0 Å². The van der Waals surface area contributed by atoms with Crippen molar-refractivity contribution in [2.45, 2.75) is 27.2 Å². The van der Waals surface area contributed by atoms with Crippen LogP contribution in [0.25, 0.3) is 0 Å². The molecule has 0 saturated carbocycles. The van der Waals surface area contributed by atoms with Gasteiger partial charge in [-0.2, -0.15) is 0 Å². The Morgan fingerprint density at radius 1 is 1.11 bits per heavy atom. The predicted molar refractivity (Wildman–Crippen MR) is 118 cm³/mol. The van der Waals surface area contributed by atoms with E-state index in [9.17, 15) is 4.79 Å². The highest BCUT2D eigenvalue weighted by molar-refractivity contribution is 6.00. The fraction of sp³-hybridized carbons (Fsp3) is 0.381. The molecular formula is C21H29Cl2N3O. The van der Waals surface area contributed by atoms with Crippen molar-refractivity contribution in [2.75, 3.05) is 25.0 Å². The molecule has 3 N–H and O–H groups in total. The average molecular weight is 410 g/mol. The minimum absolute atomic E-state index is 0. The van der Waals surface area contributed by atoms with Crippen LogP contribution >= 0.6 is 24.8 Å². The van der Waals surface area contributed by atoms with E-state index in [-0.39, 0.29) is 36.1 Å². The molecule has 0 bridgehead atoms. The Morgan fingerprint density at radius 3 is 2.44 bits per heavy atom. The Morgan fingerprint density at radius 2 is 1.78 bits per heavy atom. The summed E-state index contributed by atoms with van der Waals surface area (Å²) in [7, 11) is 0. The van der Waals surface area contributed by atoms with Crippen molar-refractivity contribution >= 4 is 42.1 Å². The Balaban J connectivity index is 0.00000182. The molecule has 3 rings (SSSR count). The molecule has 0 radical (unpaired) electrons. The second-order valence-corrected chi connectivity index (χ2v) is 7.41. The SMILES string of the molecule is Cc1cccc(Nc2ccccc2C(=O)N2CCC(C)(CN)C2)c1C.Cl.Cl. The van der Waals surface area contributed by atoms with Crippen molar-refractivity contribution in [3.8, 4) is 0 Å². The summed E-state index contributed by atoms with van der Waals surface area (Å²) >= 11 is 0. The van der Waals surface area contributed by atoms with Gasteiger partial charge in [0.2, 0.25) is 0 Å². The normalized spacial score (nSPS) is 18.4. The zero-order chi connectivity index (χ0) is 18.0. The van der Waals surface area contributed by atoms with Gasteiger partial charge < -0.3 is 16.0 Å². The highest BCUT2D eigenvalue weighted by atomic mass is 35.5. The van der Waals surface area contributed by atoms with E-state index in [0.717, 1.165) is 30.9 Å². The molecule has 0 aliphatic carbocycles. The van der Waals surface area contributed by atoms with Gasteiger partial charge in [0, 0.05) is 18.8 Å². The van der Waals surface area contributed by atoms with E-state index in [1.165, 1.54) is 11.1 Å². The molecule has 0 spiro atoms. The molecule has 4 nitrogen and oxygen atoms in total. The maximum Gasteiger partial charge on any atom is 0.255 e. The van der Waals surface area contributed by atoms with Gasteiger partial charge in [-0.1, -0.05) is 31.2 Å². The summed E-state index contributed by atoms with van der Waals surface area (Å²) < 4.78 is 0. The van der Waals surface area contributed by atoms with Gasteiger partial charge in [-0.05, 0) is 61.6 Å². The van der Waals surface area contributed by atoms with Crippen molar-refractivity contribution in [3.63, 3.8) is 0 Å². The molecule has 2 aromatic rings. The highest BCUT2D eigenvalue weighted by Gasteiger charge is 2.35. The first-order chi connectivity index (χ1) is 11.9. The van der Waals surface area contributed by atoms with E-state index in [1.807, 2.05) is 41.3 Å². The first kappa shape index (κ1) is 23.3. The number of nitrogens with two attached hydrogens (primary N) is 1. The number of carbonyl (C=O) groups excluding carboxylic acids is 1. The largest absolute Gasteiger partial charge is 0.355 e. The molecule has 1 fully saturated rings. The molecular weight excluding hydrogens is 381 g/mol. The van der Waals surface area contributed by atoms with E-state index in [1.54, 1.807) is 0 Å². The molecule has 6 heteroatoms. The first-order valence-corrected chi connectivity index (χ1v) is 8.85. The van der Waals surface area contributed by atoms with Crippen LogP contribution in [0.15, 0.2) is 42.5 Å². The molecule has 2 aromatic carbocycles. The number of para-hydroxylation sites is 1. The lowest BCUT2D eigenvalue weighted by Gasteiger charge is -2.23. The monoisotopic (exact) mass is 409 g/mol. The van der Waals surface area contributed by atoms with Crippen LogP contribution in [0.3, 0.4) is 0 Å². The summed E-state index contributed by atoms with van der Waals surface area (Å²) in [5.74, 6) is 0.0746. The Labute approximate surface area is 174 Å². The van der Waals surface area contributed by atoms with Crippen LogP contribution in [-0.2, 0) is 0 Å². The molecule has 1 saturated heterocycles. The van der Waals surface area contributed by atoms with Crippen LogP contribution in [0.4, 0.5) is 11.4 Å². The first-order valence-electron chi connectivity index (χ1n) is 8.85. The number of nitrogens with zero attached hydrogens (tertiary/aromatic N) is 1. The highest BCUT2D eigenvalue weighted by Crippen LogP contribution is 2.31. The predicted octanol–water partition coefficient (Wildman–Crippen LogP) is 4.70. The van der Waals surface area contributed by atoms with Crippen LogP contribution in [0.2, 0.25) is 0 Å². The average Bonchev–Trinajstić information content (AvgIpc) is 3.02. The minimum Gasteiger partial charge on any atom is -0.355 e. The van der Waals surface area contributed by atoms with Gasteiger partial charge in [0.15, 0.2) is 0 Å². The second kappa shape index (κ2) is 9.45. The molecule has 148 valence electrons. The van der Waals surface area contributed by atoms with E-state index in [0.29, 0.717) is 12.1 Å². The summed E-state index contributed by atoms with van der Waals surface area (Å²) in [5.41, 5.74) is 10.9. The number of carbonyl (C=O) groups is 1. The summed E-state index contributed by atoms with van der Waals surface area (Å²) in [5, 5.41) is 3.45. The number of benzene rings is 2. The van der Waals surface area contributed by atoms with Gasteiger partial charge in [-0.3, -0.25) is 4.79 Å². The van der Waals surface area contributed by atoms with Crippen molar-refractivity contribution < 1.29 is 4.79 Å². The maximum atomic E-state index is 13.1. The number of halogens is 2. The molecule has 1 amide bonds. The number of hydrogen-bond acceptors (Lipinski definition) is 3. The third kappa shape index (κ3) is 4.95. The summed E-state index contributed by atoms with van der Waals surface area (Å²) in [6, 6.07) is 13.9. The number of anilines is 2. The smallest absolute Gasteiger partial charge is 0.255 e. The summed E-state index contributed by atoms with van der Waals surface area (Å²) in [6.07, 6.45) is 0.960. The molecule has 0 aromatic heterocycles. The number of likely N-dealkylation sites (tertiary alicyclic amines) is 1. The third-order valence-corrected chi connectivity index (χ3v) is 5.37. The molecule has 27 heavy (non-hydrogen) atoms. The Bertz CT molecular complexity index is 797. The fourth-order valence-corrected chi connectivity index (χ4v) is 3.34. The van der Waals surface area contributed by atoms with Crippen molar-refractivity contribution in [2.24, 2.45) is 11.1 Å². The third-order valence-electron chi connectivity index (χ3n) is 5.37. The molecule has 1 atom stereocenters. The van der Waals surface area contributed by atoms with E-state index in [2.05, 4.69) is 32.2 Å². The topological polar surface area (TPSA) is 58.4 Å². The van der Waals surface area contributed by atoms with Gasteiger partial charge in [0.25, 0.3) is 5.91 Å². The number of nitrogens with one attached hydrogen (secondary N) is 1. The quantitative estimate of drug-likeness (QED) is 0.768. The zero-order valence-corrected chi connectivity index (χ0v) is 17.8. The molecule has 1 unspecified atom stereocenters. The standard InChI is InChI=1S/C21H27N3O.2ClH/c1-15-7-6-10-18(16(15)2)23-19-9-5-4-8-17(19)20(25)24-12-11-21(3,13-22)14-24;;/h4-10,23H,11-14,22H2,1-3H3;2*1H. The number of amides is 1. The molecule has 1 aliphatic rings. The summed E-state index contributed by atoms with van der Waals surface area (Å²) in [4.78, 5) is 15.0. The lowest BCUT2D eigenvalue weighted by Crippen LogP contribution is -2.34. The van der Waals surface area contributed by atoms with Crippen LogP contribution < -0.4 is 11.1 Å². The van der Waals surface area contributed by atoms with Crippen LogP contribution in [0.5, 0.6) is 0 Å². The van der Waals surface area contributed by atoms with Crippen molar-refractivity contribution in [1.29, 1.82) is 0 Å². The van der Waals surface area contributed by atoms with Crippen molar-refractivity contribution in [3.05, 3.63) is 59.2 Å². The van der Waals surface area contributed by atoms with Crippen LogP contribution in [0, 0.1) is 19.3 Å². The number of rotatable bonds is 4. The minimum atomic E-state index is 0. The lowest BCUT2D eigenvalue weighted by atomic mass is 9.90. The van der Waals surface area contributed by atoms with E-state index < -0.39 is 0 Å². The maximum absolute atomic E-state index is 13.1. The number of hydrogen-bond donors (Lipinski definition) is 2. The fourth-order valence-electron chi connectivity index (χ4n) is 3.34.